The molecule has 5 rings (SSSR count). The molecule has 1 N–H and O–H groups in total. The standard InChI is InChI=1S/C22H23N5O.ClH/c1-15-12-18(10-11-23-15)22-25-21(26-28-22)17-8-6-16(7-9-17)13-27-14-24-19-4-2-3-5-20(19)27;/h2-9,14-15,18,23H,10-13H2,1H3;1H/t15-,18-;/m0./s1. The highest BCUT2D eigenvalue weighted by molar-refractivity contribution is 5.85. The summed E-state index contributed by atoms with van der Waals surface area (Å²) in [5.41, 5.74) is 4.36. The first-order valence-corrected chi connectivity index (χ1v) is 9.82. The highest BCUT2D eigenvalue weighted by atomic mass is 35.5. The molecule has 29 heavy (non-hydrogen) atoms. The molecule has 1 saturated heterocycles. The van der Waals surface area contributed by atoms with Crippen LogP contribution in [-0.2, 0) is 6.54 Å². The normalized spacial score (nSPS) is 19.2. The van der Waals surface area contributed by atoms with Crippen molar-refractivity contribution >= 4 is 23.4 Å². The van der Waals surface area contributed by atoms with Crippen LogP contribution in [-0.4, -0.2) is 32.3 Å². The maximum atomic E-state index is 5.57. The zero-order valence-corrected chi connectivity index (χ0v) is 17.1. The fourth-order valence-corrected chi connectivity index (χ4v) is 3.97. The Kier molecular flexibility index (Phi) is 5.65. The minimum Gasteiger partial charge on any atom is -0.339 e. The maximum Gasteiger partial charge on any atom is 0.230 e. The van der Waals surface area contributed by atoms with Gasteiger partial charge in [0.05, 0.1) is 17.4 Å². The SMILES string of the molecule is C[C@H]1C[C@@H](c2nc(-c3ccc(Cn4cnc5ccccc54)cc3)no2)CCN1.Cl. The van der Waals surface area contributed by atoms with Crippen molar-refractivity contribution in [1.82, 2.24) is 25.0 Å². The average molecular weight is 410 g/mol. The molecule has 0 bridgehead atoms. The van der Waals surface area contributed by atoms with Crippen LogP contribution in [0.25, 0.3) is 22.4 Å². The van der Waals surface area contributed by atoms with E-state index in [4.69, 9.17) is 4.52 Å². The largest absolute Gasteiger partial charge is 0.339 e. The molecule has 0 aliphatic carbocycles. The number of aromatic nitrogens is 4. The number of nitrogens with one attached hydrogen (secondary N) is 1. The molecule has 3 heterocycles. The molecule has 0 unspecified atom stereocenters. The third kappa shape index (κ3) is 4.04. The zero-order chi connectivity index (χ0) is 18.9. The van der Waals surface area contributed by atoms with Crippen molar-refractivity contribution in [2.75, 3.05) is 6.54 Å². The first kappa shape index (κ1) is 19.6. The Bertz CT molecular complexity index is 1090. The van der Waals surface area contributed by atoms with Gasteiger partial charge in [-0.15, -0.1) is 12.4 Å². The summed E-state index contributed by atoms with van der Waals surface area (Å²) in [7, 11) is 0. The first-order chi connectivity index (χ1) is 13.8. The lowest BCUT2D eigenvalue weighted by Crippen LogP contribution is -2.34. The molecular formula is C22H24ClN5O. The Morgan fingerprint density at radius 1 is 1.14 bits per heavy atom. The molecule has 4 aromatic rings. The first-order valence-electron chi connectivity index (χ1n) is 9.82. The minimum absolute atomic E-state index is 0. The van der Waals surface area contributed by atoms with Crippen LogP contribution in [0.15, 0.2) is 59.4 Å². The smallest absolute Gasteiger partial charge is 0.230 e. The number of hydrogen-bond donors (Lipinski definition) is 1. The number of nitrogens with zero attached hydrogens (tertiary/aromatic N) is 4. The third-order valence-corrected chi connectivity index (χ3v) is 5.51. The Balaban J connectivity index is 0.00000205. The second kappa shape index (κ2) is 8.35. The second-order valence-electron chi connectivity index (χ2n) is 7.59. The van der Waals surface area contributed by atoms with E-state index >= 15 is 0 Å². The number of para-hydroxylation sites is 2. The van der Waals surface area contributed by atoms with Gasteiger partial charge in [0.15, 0.2) is 0 Å². The molecule has 2 aromatic carbocycles. The van der Waals surface area contributed by atoms with Crippen molar-refractivity contribution in [2.45, 2.75) is 38.3 Å². The van der Waals surface area contributed by atoms with Gasteiger partial charge in [-0.1, -0.05) is 41.6 Å². The van der Waals surface area contributed by atoms with Crippen LogP contribution in [0.5, 0.6) is 0 Å². The van der Waals surface area contributed by atoms with E-state index in [1.54, 1.807) is 0 Å². The molecule has 0 saturated carbocycles. The lowest BCUT2D eigenvalue weighted by atomic mass is 9.93. The van der Waals surface area contributed by atoms with Gasteiger partial charge in [-0.05, 0) is 44.0 Å². The van der Waals surface area contributed by atoms with E-state index in [-0.39, 0.29) is 12.4 Å². The summed E-state index contributed by atoms with van der Waals surface area (Å²) in [6.07, 6.45) is 3.98. The highest BCUT2D eigenvalue weighted by Gasteiger charge is 2.25. The summed E-state index contributed by atoms with van der Waals surface area (Å²) in [5.74, 6) is 1.78. The van der Waals surface area contributed by atoms with Crippen LogP contribution in [0.1, 0.15) is 37.1 Å². The predicted octanol–water partition coefficient (Wildman–Crippen LogP) is 4.41. The third-order valence-electron chi connectivity index (χ3n) is 5.51. The topological polar surface area (TPSA) is 68.8 Å². The van der Waals surface area contributed by atoms with E-state index in [1.807, 2.05) is 24.5 Å². The van der Waals surface area contributed by atoms with E-state index in [1.165, 1.54) is 5.56 Å². The lowest BCUT2D eigenvalue weighted by molar-refractivity contribution is 0.295. The van der Waals surface area contributed by atoms with Crippen molar-refractivity contribution in [3.63, 3.8) is 0 Å². The van der Waals surface area contributed by atoms with E-state index in [2.05, 4.69) is 62.3 Å². The second-order valence-corrected chi connectivity index (χ2v) is 7.59. The molecule has 1 aliphatic rings. The van der Waals surface area contributed by atoms with Crippen molar-refractivity contribution in [3.05, 3.63) is 66.3 Å². The van der Waals surface area contributed by atoms with Crippen molar-refractivity contribution in [3.8, 4) is 11.4 Å². The van der Waals surface area contributed by atoms with Gasteiger partial charge in [-0.3, -0.25) is 0 Å². The maximum absolute atomic E-state index is 5.57. The number of hydrogen-bond acceptors (Lipinski definition) is 5. The van der Waals surface area contributed by atoms with Crippen LogP contribution in [0.3, 0.4) is 0 Å². The van der Waals surface area contributed by atoms with Gasteiger partial charge in [-0.2, -0.15) is 4.98 Å². The van der Waals surface area contributed by atoms with Crippen molar-refractivity contribution in [2.24, 2.45) is 0 Å². The molecule has 6 nitrogen and oxygen atoms in total. The van der Waals surface area contributed by atoms with Crippen LogP contribution in [0, 0.1) is 0 Å². The van der Waals surface area contributed by atoms with Gasteiger partial charge < -0.3 is 14.4 Å². The van der Waals surface area contributed by atoms with Gasteiger partial charge in [0.2, 0.25) is 11.7 Å². The molecule has 2 atom stereocenters. The van der Waals surface area contributed by atoms with Crippen molar-refractivity contribution in [1.29, 1.82) is 0 Å². The van der Waals surface area contributed by atoms with Crippen LogP contribution < -0.4 is 5.32 Å². The van der Waals surface area contributed by atoms with E-state index in [0.717, 1.165) is 48.4 Å². The molecule has 0 radical (unpaired) electrons. The quantitative estimate of drug-likeness (QED) is 0.540. The van der Waals surface area contributed by atoms with Crippen LogP contribution in [0.4, 0.5) is 0 Å². The summed E-state index contributed by atoms with van der Waals surface area (Å²) in [6, 6.07) is 17.0. The molecule has 7 heteroatoms. The van der Waals surface area contributed by atoms with Gasteiger partial charge in [-0.25, -0.2) is 4.98 Å². The Labute approximate surface area is 175 Å². The van der Waals surface area contributed by atoms with Gasteiger partial charge in [0.25, 0.3) is 0 Å². The van der Waals surface area contributed by atoms with Crippen LogP contribution >= 0.6 is 12.4 Å². The zero-order valence-electron chi connectivity index (χ0n) is 16.3. The molecule has 1 aliphatic heterocycles. The fourth-order valence-electron chi connectivity index (χ4n) is 3.97. The lowest BCUT2D eigenvalue weighted by Gasteiger charge is -2.25. The Morgan fingerprint density at radius 2 is 1.97 bits per heavy atom. The molecular weight excluding hydrogens is 386 g/mol. The molecule has 1 fully saturated rings. The van der Waals surface area contributed by atoms with E-state index in [9.17, 15) is 0 Å². The van der Waals surface area contributed by atoms with E-state index in [0.29, 0.717) is 17.8 Å². The predicted molar refractivity (Wildman–Crippen MR) is 115 cm³/mol. The van der Waals surface area contributed by atoms with Gasteiger partial charge >= 0.3 is 0 Å². The molecule has 150 valence electrons. The molecule has 2 aromatic heterocycles. The summed E-state index contributed by atoms with van der Waals surface area (Å²) in [6.45, 7) is 3.98. The van der Waals surface area contributed by atoms with Gasteiger partial charge in [0.1, 0.15) is 0 Å². The highest BCUT2D eigenvalue weighted by Crippen LogP contribution is 2.28. The summed E-state index contributed by atoms with van der Waals surface area (Å²) < 4.78 is 7.73. The Morgan fingerprint density at radius 3 is 2.79 bits per heavy atom. The monoisotopic (exact) mass is 409 g/mol. The molecule has 0 amide bonds. The number of piperidine rings is 1. The number of halogens is 1. The van der Waals surface area contributed by atoms with Crippen molar-refractivity contribution < 1.29 is 4.52 Å². The molecule has 0 spiro atoms. The van der Waals surface area contributed by atoms with Gasteiger partial charge in [0, 0.05) is 24.1 Å². The Hall–Kier alpha value is -2.70. The summed E-state index contributed by atoms with van der Waals surface area (Å²) in [4.78, 5) is 9.12. The number of fused-ring (bicyclic) bond motifs is 1. The minimum atomic E-state index is 0. The summed E-state index contributed by atoms with van der Waals surface area (Å²) in [5, 5.41) is 7.67. The van der Waals surface area contributed by atoms with E-state index < -0.39 is 0 Å². The fraction of sp³-hybridized carbons (Fsp3) is 0.318. The average Bonchev–Trinajstić information content (AvgIpc) is 3.37. The number of benzene rings is 2. The van der Waals surface area contributed by atoms with Crippen LogP contribution in [0.2, 0.25) is 0 Å². The number of rotatable bonds is 4. The summed E-state index contributed by atoms with van der Waals surface area (Å²) >= 11 is 0. The number of imidazole rings is 1.